The van der Waals surface area contributed by atoms with Crippen molar-refractivity contribution in [2.24, 2.45) is 0 Å². The first-order valence-electron chi connectivity index (χ1n) is 9.36. The Hall–Kier alpha value is -3.32. The zero-order valence-electron chi connectivity index (χ0n) is 16.3. The van der Waals surface area contributed by atoms with E-state index in [0.717, 1.165) is 0 Å². The average molecular weight is 425 g/mol. The highest BCUT2D eigenvalue weighted by atomic mass is 32.1. The first-order valence-corrected chi connectivity index (χ1v) is 10.2. The second kappa shape index (κ2) is 9.93. The molecule has 0 aliphatic carbocycles. The van der Waals surface area contributed by atoms with Gasteiger partial charge in [-0.05, 0) is 42.1 Å². The molecule has 0 spiro atoms. The molecule has 0 unspecified atom stereocenters. The zero-order valence-corrected chi connectivity index (χ0v) is 17.2. The smallest absolute Gasteiger partial charge is 0.339 e. The van der Waals surface area contributed by atoms with Crippen molar-refractivity contribution < 1.29 is 23.5 Å². The second-order valence-corrected chi connectivity index (χ2v) is 7.41. The van der Waals surface area contributed by atoms with Crippen LogP contribution in [-0.4, -0.2) is 35.7 Å². The molecule has 0 aliphatic heterocycles. The fourth-order valence-electron chi connectivity index (χ4n) is 2.93. The molecule has 0 bridgehead atoms. The number of carbonyl (C=O) groups is 3. The summed E-state index contributed by atoms with van der Waals surface area (Å²) in [5.74, 6) is -1.80. The molecule has 1 amide bonds. The number of nitrogens with zero attached hydrogens (tertiary/aromatic N) is 1. The molecule has 5 nitrogen and oxygen atoms in total. The Morgan fingerprint density at radius 1 is 1.00 bits per heavy atom. The van der Waals surface area contributed by atoms with Gasteiger partial charge >= 0.3 is 5.97 Å². The van der Waals surface area contributed by atoms with Gasteiger partial charge in [-0.2, -0.15) is 0 Å². The second-order valence-electron chi connectivity index (χ2n) is 6.47. The number of rotatable bonds is 8. The van der Waals surface area contributed by atoms with E-state index in [4.69, 9.17) is 4.74 Å². The first kappa shape index (κ1) is 21.4. The van der Waals surface area contributed by atoms with E-state index in [0.29, 0.717) is 17.0 Å². The minimum atomic E-state index is -0.745. The molecular formula is C23H20FNO4S. The molecule has 30 heavy (non-hydrogen) atoms. The van der Waals surface area contributed by atoms with Crippen molar-refractivity contribution in [2.75, 3.05) is 13.2 Å². The summed E-state index contributed by atoms with van der Waals surface area (Å²) in [6, 6.07) is 15.8. The fraction of sp³-hybridized carbons (Fsp3) is 0.174. The van der Waals surface area contributed by atoms with E-state index >= 15 is 0 Å². The van der Waals surface area contributed by atoms with E-state index < -0.39 is 18.5 Å². The lowest BCUT2D eigenvalue weighted by Gasteiger charge is -2.21. The molecule has 7 heteroatoms. The maximum Gasteiger partial charge on any atom is 0.339 e. The number of hydrogen-bond acceptors (Lipinski definition) is 5. The van der Waals surface area contributed by atoms with Crippen LogP contribution in [0.25, 0.3) is 0 Å². The van der Waals surface area contributed by atoms with E-state index in [2.05, 4.69) is 0 Å². The third kappa shape index (κ3) is 5.18. The fourth-order valence-corrected chi connectivity index (χ4v) is 3.61. The largest absolute Gasteiger partial charge is 0.452 e. The van der Waals surface area contributed by atoms with Gasteiger partial charge in [0.25, 0.3) is 5.91 Å². The molecule has 154 valence electrons. The Kier molecular flexibility index (Phi) is 7.08. The van der Waals surface area contributed by atoms with Crippen LogP contribution < -0.4 is 0 Å². The van der Waals surface area contributed by atoms with Gasteiger partial charge in [-0.25, -0.2) is 9.18 Å². The van der Waals surface area contributed by atoms with Crippen molar-refractivity contribution in [1.29, 1.82) is 0 Å². The average Bonchev–Trinajstić information content (AvgIpc) is 3.30. The number of halogens is 1. The van der Waals surface area contributed by atoms with Gasteiger partial charge in [0.15, 0.2) is 6.61 Å². The first-order chi connectivity index (χ1) is 14.5. The minimum Gasteiger partial charge on any atom is -0.452 e. The van der Waals surface area contributed by atoms with Crippen LogP contribution in [0.5, 0.6) is 0 Å². The molecule has 0 N–H and O–H groups in total. The number of hydrogen-bond donors (Lipinski definition) is 0. The van der Waals surface area contributed by atoms with Crippen LogP contribution in [0.3, 0.4) is 0 Å². The van der Waals surface area contributed by atoms with Crippen molar-refractivity contribution in [2.45, 2.75) is 13.5 Å². The van der Waals surface area contributed by atoms with E-state index in [-0.39, 0.29) is 29.3 Å². The van der Waals surface area contributed by atoms with Crippen LogP contribution in [0, 0.1) is 5.82 Å². The van der Waals surface area contributed by atoms with Gasteiger partial charge < -0.3 is 9.64 Å². The Morgan fingerprint density at radius 2 is 1.77 bits per heavy atom. The molecule has 0 atom stereocenters. The summed E-state index contributed by atoms with van der Waals surface area (Å²) in [5.41, 5.74) is 0.977. The summed E-state index contributed by atoms with van der Waals surface area (Å²) >= 11 is 1.28. The number of thiophene rings is 1. The highest BCUT2D eigenvalue weighted by Crippen LogP contribution is 2.19. The van der Waals surface area contributed by atoms with Gasteiger partial charge in [0.05, 0.1) is 10.4 Å². The Balaban J connectivity index is 1.66. The summed E-state index contributed by atoms with van der Waals surface area (Å²) < 4.78 is 18.6. The predicted molar refractivity (Wildman–Crippen MR) is 112 cm³/mol. The number of likely N-dealkylation sites (N-methyl/N-ethyl adjacent to an activating group) is 1. The molecular weight excluding hydrogens is 405 g/mol. The number of carbonyl (C=O) groups excluding carboxylic acids is 3. The van der Waals surface area contributed by atoms with Crippen molar-refractivity contribution >= 4 is 29.0 Å². The highest BCUT2D eigenvalue weighted by Gasteiger charge is 2.21. The number of ether oxygens (including phenoxy) is 1. The van der Waals surface area contributed by atoms with Crippen LogP contribution in [-0.2, 0) is 16.1 Å². The minimum absolute atomic E-state index is 0.108. The Labute approximate surface area is 177 Å². The molecule has 1 aromatic heterocycles. The quantitative estimate of drug-likeness (QED) is 0.398. The zero-order chi connectivity index (χ0) is 21.5. The number of esters is 1. The highest BCUT2D eigenvalue weighted by molar-refractivity contribution is 7.12. The predicted octanol–water partition coefficient (Wildman–Crippen LogP) is 4.32. The number of ketones is 1. The molecule has 0 radical (unpaired) electrons. The normalized spacial score (nSPS) is 10.5. The van der Waals surface area contributed by atoms with Crippen LogP contribution in [0.1, 0.15) is 38.1 Å². The molecule has 0 saturated carbocycles. The van der Waals surface area contributed by atoms with Gasteiger partial charge in [-0.1, -0.05) is 36.4 Å². The molecule has 0 aliphatic rings. The topological polar surface area (TPSA) is 63.7 Å². The standard InChI is InChI=1S/C23H20FNO4S/c1-2-25(14-16-7-5-8-17(24)13-16)21(26)15-29-23(28)19-10-4-3-9-18(19)22(27)20-11-6-12-30-20/h3-13H,2,14-15H2,1H3. The van der Waals surface area contributed by atoms with Crippen LogP contribution in [0.2, 0.25) is 0 Å². The van der Waals surface area contributed by atoms with Crippen LogP contribution in [0.4, 0.5) is 4.39 Å². The summed E-state index contributed by atoms with van der Waals surface area (Å²) in [7, 11) is 0. The van der Waals surface area contributed by atoms with Crippen molar-refractivity contribution in [3.05, 3.63) is 93.4 Å². The lowest BCUT2D eigenvalue weighted by molar-refractivity contribution is -0.134. The van der Waals surface area contributed by atoms with E-state index in [1.165, 1.54) is 34.4 Å². The van der Waals surface area contributed by atoms with E-state index in [9.17, 15) is 18.8 Å². The van der Waals surface area contributed by atoms with Gasteiger partial charge in [-0.15, -0.1) is 11.3 Å². The van der Waals surface area contributed by atoms with Crippen molar-refractivity contribution in [3.8, 4) is 0 Å². The van der Waals surface area contributed by atoms with Gasteiger partial charge in [0.1, 0.15) is 5.82 Å². The van der Waals surface area contributed by atoms with Crippen molar-refractivity contribution in [3.63, 3.8) is 0 Å². The summed E-state index contributed by atoms with van der Waals surface area (Å²) in [6.45, 7) is 1.90. The lowest BCUT2D eigenvalue weighted by Crippen LogP contribution is -2.34. The van der Waals surface area contributed by atoms with Crippen LogP contribution >= 0.6 is 11.3 Å². The molecule has 1 heterocycles. The van der Waals surface area contributed by atoms with Crippen LogP contribution in [0.15, 0.2) is 66.0 Å². The van der Waals surface area contributed by atoms with E-state index in [1.807, 2.05) is 0 Å². The molecule has 0 fully saturated rings. The third-order valence-electron chi connectivity index (χ3n) is 4.46. The molecule has 0 saturated heterocycles. The van der Waals surface area contributed by atoms with Crippen molar-refractivity contribution in [1.82, 2.24) is 4.90 Å². The van der Waals surface area contributed by atoms with Gasteiger partial charge in [0.2, 0.25) is 5.78 Å². The summed E-state index contributed by atoms with van der Waals surface area (Å²) in [5, 5.41) is 1.78. The maximum absolute atomic E-state index is 13.4. The Morgan fingerprint density at radius 3 is 2.43 bits per heavy atom. The maximum atomic E-state index is 13.4. The Bertz CT molecular complexity index is 1050. The molecule has 2 aromatic carbocycles. The lowest BCUT2D eigenvalue weighted by atomic mass is 10.0. The monoisotopic (exact) mass is 425 g/mol. The molecule has 3 aromatic rings. The molecule has 3 rings (SSSR count). The number of benzene rings is 2. The SMILES string of the molecule is CCN(Cc1cccc(F)c1)C(=O)COC(=O)c1ccccc1C(=O)c1cccs1. The van der Waals surface area contributed by atoms with Gasteiger partial charge in [-0.3, -0.25) is 9.59 Å². The summed E-state index contributed by atoms with van der Waals surface area (Å²) in [6.07, 6.45) is 0. The third-order valence-corrected chi connectivity index (χ3v) is 5.33. The van der Waals surface area contributed by atoms with Gasteiger partial charge in [0, 0.05) is 18.7 Å². The number of amides is 1. The summed E-state index contributed by atoms with van der Waals surface area (Å²) in [4.78, 5) is 39.7. The van der Waals surface area contributed by atoms with E-state index in [1.54, 1.807) is 54.8 Å².